The fourth-order valence-electron chi connectivity index (χ4n) is 4.28. The van der Waals surface area contributed by atoms with Gasteiger partial charge in [0.15, 0.2) is 23.0 Å². The number of nitrogens with one attached hydrogen (secondary N) is 2. The van der Waals surface area contributed by atoms with Crippen LogP contribution in [0.15, 0.2) is 30.5 Å². The van der Waals surface area contributed by atoms with Crippen LogP contribution in [-0.4, -0.2) is 102 Å². The molecule has 0 spiro atoms. The molecule has 1 fully saturated rings. The summed E-state index contributed by atoms with van der Waals surface area (Å²) in [6, 6.07) is 7.23. The first-order valence-corrected chi connectivity index (χ1v) is 14.3. The number of aromatic nitrogens is 8. The van der Waals surface area contributed by atoms with Crippen LogP contribution in [0.4, 0.5) is 5.82 Å². The second-order valence-corrected chi connectivity index (χ2v) is 11.8. The second kappa shape index (κ2) is 11.8. The predicted molar refractivity (Wildman–Crippen MR) is 141 cm³/mol. The number of aliphatic hydroxyl groups excluding tert-OH is 3. The first kappa shape index (κ1) is 29.7. The highest BCUT2D eigenvalue weighted by Crippen LogP contribution is 2.53. The van der Waals surface area contributed by atoms with Crippen LogP contribution in [0.2, 0.25) is 10.3 Å². The number of nitrogens with zero attached hydrogens (tertiary/aromatic N) is 7. The van der Waals surface area contributed by atoms with Gasteiger partial charge < -0.3 is 39.9 Å². The largest absolute Gasteiger partial charge is 0.393 e. The zero-order chi connectivity index (χ0) is 29.4. The number of hydrogen-bond acceptors (Lipinski definition) is 13. The van der Waals surface area contributed by atoms with Crippen LogP contribution in [0.3, 0.4) is 0 Å². The Morgan fingerprint density at radius 1 is 1.20 bits per heavy atom. The number of aromatic amines is 1. The SMILES string of the molecule is O=P(O)(O)[C@](CO)(Cc1nn[nH]n1)OC[C@H]1O[C@H](n2ncc3c(NCc4ccccc4Cl)nc(Cl)nc32)[C@H](O)[C@@H]1O. The summed E-state index contributed by atoms with van der Waals surface area (Å²) in [5.74, 6) is 0.196. The van der Waals surface area contributed by atoms with E-state index in [2.05, 4.69) is 41.0 Å². The number of H-pyrrole nitrogens is 1. The number of fused-ring (bicyclic) bond motifs is 1. The summed E-state index contributed by atoms with van der Waals surface area (Å²) in [4.78, 5) is 28.3. The molecule has 0 radical (unpaired) electrons. The van der Waals surface area contributed by atoms with Crippen LogP contribution < -0.4 is 5.32 Å². The summed E-state index contributed by atoms with van der Waals surface area (Å²) in [5.41, 5.74) is 0.972. The minimum Gasteiger partial charge on any atom is -0.393 e. The van der Waals surface area contributed by atoms with Gasteiger partial charge in [-0.3, -0.25) is 4.57 Å². The van der Waals surface area contributed by atoms with Crippen molar-refractivity contribution >= 4 is 47.6 Å². The molecule has 1 aromatic carbocycles. The normalized spacial score (nSPS) is 22.7. The molecule has 4 heterocycles. The lowest BCUT2D eigenvalue weighted by Crippen LogP contribution is -2.43. The average molecular weight is 632 g/mol. The highest BCUT2D eigenvalue weighted by molar-refractivity contribution is 7.53. The van der Waals surface area contributed by atoms with Gasteiger partial charge in [-0.1, -0.05) is 35.0 Å². The van der Waals surface area contributed by atoms with Crippen LogP contribution >= 0.6 is 30.8 Å². The highest BCUT2D eigenvalue weighted by Gasteiger charge is 2.52. The maximum absolute atomic E-state index is 12.3. The first-order chi connectivity index (χ1) is 19.5. The van der Waals surface area contributed by atoms with Gasteiger partial charge in [0.05, 0.1) is 31.2 Å². The molecule has 20 heteroatoms. The summed E-state index contributed by atoms with van der Waals surface area (Å²) in [6.45, 7) is -1.45. The van der Waals surface area contributed by atoms with Gasteiger partial charge in [0.1, 0.15) is 24.1 Å². The van der Waals surface area contributed by atoms with E-state index in [1.807, 2.05) is 12.1 Å². The van der Waals surface area contributed by atoms with Crippen LogP contribution in [0.1, 0.15) is 17.6 Å². The van der Waals surface area contributed by atoms with Crippen molar-refractivity contribution in [1.29, 1.82) is 0 Å². The van der Waals surface area contributed by atoms with Crippen LogP contribution in [0, 0.1) is 0 Å². The van der Waals surface area contributed by atoms with Crippen LogP contribution in [0.25, 0.3) is 11.0 Å². The molecule has 220 valence electrons. The summed E-state index contributed by atoms with van der Waals surface area (Å²) in [5, 5.41) is 49.9. The van der Waals surface area contributed by atoms with Crippen molar-refractivity contribution in [1.82, 2.24) is 40.4 Å². The van der Waals surface area contributed by atoms with Crippen molar-refractivity contribution in [3.05, 3.63) is 52.2 Å². The number of anilines is 1. The number of ether oxygens (including phenoxy) is 2. The Balaban J connectivity index is 1.36. The number of halogens is 2. The van der Waals surface area contributed by atoms with E-state index >= 15 is 0 Å². The van der Waals surface area contributed by atoms with Gasteiger partial charge in [0.25, 0.3) is 0 Å². The predicted octanol–water partition coefficient (Wildman–Crippen LogP) is 0.00310. The fraction of sp³-hybridized carbons (Fsp3) is 0.429. The summed E-state index contributed by atoms with van der Waals surface area (Å²) in [7, 11) is -5.14. The van der Waals surface area contributed by atoms with E-state index in [1.165, 1.54) is 10.9 Å². The Hall–Kier alpha value is -2.83. The van der Waals surface area contributed by atoms with E-state index in [9.17, 15) is 29.7 Å². The Morgan fingerprint density at radius 2 is 1.98 bits per heavy atom. The lowest BCUT2D eigenvalue weighted by Gasteiger charge is -2.32. The number of tetrazole rings is 1. The molecule has 4 aromatic rings. The van der Waals surface area contributed by atoms with Gasteiger partial charge in [0, 0.05) is 11.6 Å². The summed E-state index contributed by atoms with van der Waals surface area (Å²) >= 11 is 12.4. The van der Waals surface area contributed by atoms with Crippen LogP contribution in [-0.2, 0) is 27.0 Å². The average Bonchev–Trinajstić information content (AvgIpc) is 3.66. The van der Waals surface area contributed by atoms with E-state index in [0.717, 1.165) is 5.56 Å². The summed E-state index contributed by atoms with van der Waals surface area (Å²) < 4.78 is 24.8. The Labute approximate surface area is 240 Å². The van der Waals surface area contributed by atoms with E-state index < -0.39 is 57.1 Å². The molecule has 5 atom stereocenters. The van der Waals surface area contributed by atoms with Gasteiger partial charge in [-0.25, -0.2) is 4.68 Å². The van der Waals surface area contributed by atoms with Gasteiger partial charge in [0.2, 0.25) is 5.28 Å². The van der Waals surface area contributed by atoms with Gasteiger partial charge in [-0.2, -0.15) is 20.3 Å². The van der Waals surface area contributed by atoms with Crippen molar-refractivity contribution in [3.63, 3.8) is 0 Å². The van der Waals surface area contributed by atoms with E-state index in [4.69, 9.17) is 32.7 Å². The maximum Gasteiger partial charge on any atom is 0.359 e. The standard InChI is InChI=1S/C21H24Cl2N9O8P/c22-12-4-2-1-3-10(12)6-24-17-11-7-25-32(18(11)27-20(23)26-17)19-16(35)15(34)13(40-19)8-39-21(9-33,41(36,37)38)5-14-28-30-31-29-14/h1-4,7,13,15-16,19,33-35H,5-6,8-9H2,(H,24,26,27)(H2,36,37,38)(H,28,29,30,31)/t13-,15-,16-,19+,21+/m1/s1. The van der Waals surface area contributed by atoms with Gasteiger partial charge >= 0.3 is 7.60 Å². The molecule has 0 bridgehead atoms. The molecule has 0 amide bonds. The van der Waals surface area contributed by atoms with E-state index in [-0.39, 0.29) is 16.8 Å². The monoisotopic (exact) mass is 631 g/mol. The van der Waals surface area contributed by atoms with Crippen molar-refractivity contribution in [2.45, 2.75) is 42.8 Å². The Morgan fingerprint density at radius 3 is 2.66 bits per heavy atom. The minimum atomic E-state index is -5.14. The molecule has 3 aromatic heterocycles. The third-order valence-electron chi connectivity index (χ3n) is 6.53. The lowest BCUT2D eigenvalue weighted by atomic mass is 10.1. The van der Waals surface area contributed by atoms with Crippen molar-refractivity contribution in [3.8, 4) is 0 Å². The van der Waals surface area contributed by atoms with Gasteiger partial charge in [-0.15, -0.1) is 10.2 Å². The molecule has 17 nitrogen and oxygen atoms in total. The number of hydrogen-bond donors (Lipinski definition) is 7. The molecule has 0 aliphatic carbocycles. The summed E-state index contributed by atoms with van der Waals surface area (Å²) in [6.07, 6.45) is -4.92. The topological polar surface area (TPSA) is 247 Å². The van der Waals surface area contributed by atoms with E-state index in [0.29, 0.717) is 22.8 Å². The molecule has 1 aliphatic rings. The third-order valence-corrected chi connectivity index (χ3v) is 8.55. The second-order valence-electron chi connectivity index (χ2n) is 9.12. The van der Waals surface area contributed by atoms with Gasteiger partial charge in [-0.05, 0) is 23.2 Å². The molecule has 5 rings (SSSR count). The molecule has 1 saturated heterocycles. The van der Waals surface area contributed by atoms with Crippen molar-refractivity contribution in [2.75, 3.05) is 18.5 Å². The smallest absolute Gasteiger partial charge is 0.359 e. The van der Waals surface area contributed by atoms with Crippen molar-refractivity contribution in [2.24, 2.45) is 0 Å². The van der Waals surface area contributed by atoms with E-state index in [1.54, 1.807) is 12.1 Å². The molecular weight excluding hydrogens is 608 g/mol. The molecule has 1 aliphatic heterocycles. The molecule has 7 N–H and O–H groups in total. The van der Waals surface area contributed by atoms with Crippen molar-refractivity contribution < 1.29 is 39.1 Å². The number of benzene rings is 1. The molecule has 0 unspecified atom stereocenters. The maximum atomic E-state index is 12.3. The highest BCUT2D eigenvalue weighted by atomic mass is 35.5. The quantitative estimate of drug-likeness (QED) is 0.0850. The number of rotatable bonds is 11. The third kappa shape index (κ3) is 5.91. The van der Waals surface area contributed by atoms with Crippen LogP contribution in [0.5, 0.6) is 0 Å². The minimum absolute atomic E-state index is 0.133. The molecule has 41 heavy (non-hydrogen) atoms. The lowest BCUT2D eigenvalue weighted by molar-refractivity contribution is -0.109. The molecular formula is C21H24Cl2N9O8P. The molecule has 0 saturated carbocycles. The first-order valence-electron chi connectivity index (χ1n) is 12.0. The zero-order valence-electron chi connectivity index (χ0n) is 20.8. The zero-order valence-corrected chi connectivity index (χ0v) is 23.2. The Bertz CT molecular complexity index is 1560. The fourth-order valence-corrected chi connectivity index (χ4v) is 5.42. The number of aliphatic hydroxyl groups is 3. The Kier molecular flexibility index (Phi) is 8.54.